The zero-order valence-corrected chi connectivity index (χ0v) is 12.5. The Morgan fingerprint density at radius 1 is 1.14 bits per heavy atom. The zero-order valence-electron chi connectivity index (χ0n) is 11.8. The molecule has 0 aliphatic heterocycles. The summed E-state index contributed by atoms with van der Waals surface area (Å²) in [7, 11) is 0. The minimum Gasteiger partial charge on any atom is -0.232 e. The molecule has 0 bridgehead atoms. The third-order valence-electron chi connectivity index (χ3n) is 3.22. The van der Waals surface area contributed by atoms with Gasteiger partial charge in [-0.05, 0) is 30.7 Å². The van der Waals surface area contributed by atoms with Gasteiger partial charge in [-0.15, -0.1) is 26.6 Å². The van der Waals surface area contributed by atoms with Crippen LogP contribution in [0.3, 0.4) is 0 Å². The molecule has 5 nitrogen and oxygen atoms in total. The molecule has 2 heterocycles. The number of alkyl halides is 1. The molecular weight excluding hydrogens is 286 g/mol. The molecule has 0 fully saturated rings. The predicted octanol–water partition coefficient (Wildman–Crippen LogP) is 3.08. The Balaban J connectivity index is 2.09. The van der Waals surface area contributed by atoms with Gasteiger partial charge in [0.25, 0.3) is 0 Å². The lowest BCUT2D eigenvalue weighted by molar-refractivity contribution is 0.691. The second kappa shape index (κ2) is 5.61. The van der Waals surface area contributed by atoms with E-state index in [2.05, 4.69) is 20.4 Å². The number of hydrogen-bond acceptors (Lipinski definition) is 4. The topological polar surface area (TPSA) is 56.5 Å². The first kappa shape index (κ1) is 13.7. The highest BCUT2D eigenvalue weighted by Crippen LogP contribution is 2.20. The Morgan fingerprint density at radius 3 is 2.62 bits per heavy atom. The van der Waals surface area contributed by atoms with Crippen LogP contribution in [0, 0.1) is 13.8 Å². The Kier molecular flexibility index (Phi) is 3.66. The molecule has 21 heavy (non-hydrogen) atoms. The number of aryl methyl sites for hydroxylation is 2. The van der Waals surface area contributed by atoms with Gasteiger partial charge in [0, 0.05) is 16.8 Å². The van der Waals surface area contributed by atoms with Crippen LogP contribution in [0.15, 0.2) is 36.4 Å². The standard InChI is InChI=1S/C15H14ClN5/c1-10-8-11(2)17-15(13(10)9-16)21-19-14(18-20-21)12-6-4-3-5-7-12/h3-8H,9H2,1-2H3. The zero-order chi connectivity index (χ0) is 14.8. The minimum atomic E-state index is 0.358. The summed E-state index contributed by atoms with van der Waals surface area (Å²) in [5.74, 6) is 1.56. The summed E-state index contributed by atoms with van der Waals surface area (Å²) in [4.78, 5) is 5.94. The van der Waals surface area contributed by atoms with Crippen molar-refractivity contribution in [3.05, 3.63) is 53.2 Å². The maximum atomic E-state index is 6.03. The fraction of sp³-hybridized carbons (Fsp3) is 0.200. The first-order valence-corrected chi connectivity index (χ1v) is 7.11. The van der Waals surface area contributed by atoms with Crippen LogP contribution in [-0.2, 0) is 5.88 Å². The quantitative estimate of drug-likeness (QED) is 0.697. The lowest BCUT2D eigenvalue weighted by atomic mass is 10.1. The van der Waals surface area contributed by atoms with E-state index in [0.29, 0.717) is 17.5 Å². The Hall–Kier alpha value is -2.27. The number of nitrogens with zero attached hydrogens (tertiary/aromatic N) is 5. The third kappa shape index (κ3) is 2.64. The maximum absolute atomic E-state index is 6.03. The van der Waals surface area contributed by atoms with Crippen molar-refractivity contribution < 1.29 is 0 Å². The molecule has 1 aromatic carbocycles. The molecule has 0 saturated carbocycles. The number of rotatable bonds is 3. The van der Waals surface area contributed by atoms with Crippen LogP contribution in [0.4, 0.5) is 0 Å². The molecule has 2 aromatic heterocycles. The van der Waals surface area contributed by atoms with Gasteiger partial charge in [0.2, 0.25) is 5.82 Å². The summed E-state index contributed by atoms with van der Waals surface area (Å²) in [6.07, 6.45) is 0. The molecule has 0 aliphatic rings. The number of hydrogen-bond donors (Lipinski definition) is 0. The highest BCUT2D eigenvalue weighted by Gasteiger charge is 2.14. The molecule has 0 unspecified atom stereocenters. The van der Waals surface area contributed by atoms with Crippen molar-refractivity contribution in [2.24, 2.45) is 0 Å². The first-order valence-electron chi connectivity index (χ1n) is 6.58. The molecular formula is C15H14ClN5. The normalized spacial score (nSPS) is 10.8. The molecule has 0 saturated heterocycles. The van der Waals surface area contributed by atoms with Crippen molar-refractivity contribution in [3.63, 3.8) is 0 Å². The van der Waals surface area contributed by atoms with Crippen LogP contribution in [0.1, 0.15) is 16.8 Å². The fourth-order valence-electron chi connectivity index (χ4n) is 2.18. The Bertz CT molecular complexity index is 767. The van der Waals surface area contributed by atoms with Gasteiger partial charge in [0.1, 0.15) is 0 Å². The monoisotopic (exact) mass is 299 g/mol. The van der Waals surface area contributed by atoms with Crippen molar-refractivity contribution in [1.29, 1.82) is 0 Å². The number of benzene rings is 1. The van der Waals surface area contributed by atoms with E-state index in [4.69, 9.17) is 11.6 Å². The number of aromatic nitrogens is 5. The first-order chi connectivity index (χ1) is 10.2. The van der Waals surface area contributed by atoms with Crippen LogP contribution < -0.4 is 0 Å². The van der Waals surface area contributed by atoms with Crippen LogP contribution in [0.25, 0.3) is 17.2 Å². The van der Waals surface area contributed by atoms with E-state index in [1.54, 1.807) is 0 Å². The summed E-state index contributed by atoms with van der Waals surface area (Å²) in [6.45, 7) is 3.94. The predicted molar refractivity (Wildman–Crippen MR) is 81.4 cm³/mol. The van der Waals surface area contributed by atoms with E-state index >= 15 is 0 Å². The van der Waals surface area contributed by atoms with Crippen molar-refractivity contribution in [1.82, 2.24) is 25.2 Å². The largest absolute Gasteiger partial charge is 0.232 e. The van der Waals surface area contributed by atoms with Crippen molar-refractivity contribution in [2.45, 2.75) is 19.7 Å². The highest BCUT2D eigenvalue weighted by molar-refractivity contribution is 6.17. The minimum absolute atomic E-state index is 0.358. The van der Waals surface area contributed by atoms with Crippen molar-refractivity contribution in [3.8, 4) is 17.2 Å². The SMILES string of the molecule is Cc1cc(C)c(CCl)c(-n2nnc(-c3ccccc3)n2)n1. The molecule has 0 aliphatic carbocycles. The van der Waals surface area contributed by atoms with E-state index < -0.39 is 0 Å². The van der Waals surface area contributed by atoms with Crippen molar-refractivity contribution >= 4 is 11.6 Å². The summed E-state index contributed by atoms with van der Waals surface area (Å²) < 4.78 is 0. The van der Waals surface area contributed by atoms with Crippen molar-refractivity contribution in [2.75, 3.05) is 0 Å². The smallest absolute Gasteiger partial charge is 0.205 e. The Labute approximate surface area is 127 Å². The number of tetrazole rings is 1. The molecule has 3 rings (SSSR count). The third-order valence-corrected chi connectivity index (χ3v) is 3.49. The van der Waals surface area contributed by atoms with Crippen LogP contribution in [0.2, 0.25) is 0 Å². The number of halogens is 1. The van der Waals surface area contributed by atoms with Gasteiger partial charge in [-0.1, -0.05) is 30.3 Å². The fourth-order valence-corrected chi connectivity index (χ4v) is 2.51. The van der Waals surface area contributed by atoms with E-state index in [0.717, 1.165) is 22.4 Å². The summed E-state index contributed by atoms with van der Waals surface area (Å²) >= 11 is 6.03. The molecule has 3 aromatic rings. The highest BCUT2D eigenvalue weighted by atomic mass is 35.5. The lowest BCUT2D eigenvalue weighted by Crippen LogP contribution is -2.08. The van der Waals surface area contributed by atoms with Gasteiger partial charge >= 0.3 is 0 Å². The molecule has 0 radical (unpaired) electrons. The van der Waals surface area contributed by atoms with Gasteiger partial charge < -0.3 is 0 Å². The van der Waals surface area contributed by atoms with E-state index in [1.165, 1.54) is 4.80 Å². The molecule has 0 spiro atoms. The second-order valence-corrected chi connectivity index (χ2v) is 5.05. The van der Waals surface area contributed by atoms with Crippen LogP contribution in [0.5, 0.6) is 0 Å². The average molecular weight is 300 g/mol. The van der Waals surface area contributed by atoms with Gasteiger partial charge in [0.15, 0.2) is 5.82 Å². The van der Waals surface area contributed by atoms with E-state index in [1.807, 2.05) is 50.2 Å². The summed E-state index contributed by atoms with van der Waals surface area (Å²) in [5, 5.41) is 12.6. The van der Waals surface area contributed by atoms with Gasteiger partial charge in [-0.3, -0.25) is 0 Å². The summed E-state index contributed by atoms with van der Waals surface area (Å²) in [6, 6.07) is 11.7. The average Bonchev–Trinajstić information content (AvgIpc) is 2.97. The van der Waals surface area contributed by atoms with E-state index in [-0.39, 0.29) is 0 Å². The van der Waals surface area contributed by atoms with Gasteiger partial charge in [-0.2, -0.15) is 0 Å². The second-order valence-electron chi connectivity index (χ2n) is 4.78. The van der Waals surface area contributed by atoms with Gasteiger partial charge in [-0.25, -0.2) is 4.98 Å². The van der Waals surface area contributed by atoms with Gasteiger partial charge in [0.05, 0.1) is 5.88 Å². The van der Waals surface area contributed by atoms with Crippen LogP contribution >= 0.6 is 11.6 Å². The lowest BCUT2D eigenvalue weighted by Gasteiger charge is -2.08. The molecule has 0 amide bonds. The maximum Gasteiger partial charge on any atom is 0.205 e. The molecule has 6 heteroatoms. The molecule has 0 N–H and O–H groups in total. The summed E-state index contributed by atoms with van der Waals surface area (Å²) in [5.41, 5.74) is 3.81. The Morgan fingerprint density at radius 2 is 1.90 bits per heavy atom. The molecule has 106 valence electrons. The van der Waals surface area contributed by atoms with Crippen LogP contribution in [-0.4, -0.2) is 25.2 Å². The molecule has 0 atom stereocenters. The number of pyridine rings is 1. The van der Waals surface area contributed by atoms with E-state index in [9.17, 15) is 0 Å².